The van der Waals surface area contributed by atoms with Crippen molar-refractivity contribution >= 4 is 13.1 Å². The Kier molecular flexibility index (Phi) is 3.09. The van der Waals surface area contributed by atoms with Gasteiger partial charge in [-0.05, 0) is 13.2 Å². The number of Topliss-reactive ketones (excluding diaryl/α,β-unsaturated/α-hetero) is 1. The van der Waals surface area contributed by atoms with Gasteiger partial charge in [-0.3, -0.25) is 4.79 Å². The van der Waals surface area contributed by atoms with Gasteiger partial charge in [-0.1, -0.05) is 36.7 Å². The number of benzene rings is 1. The number of hydrogen-bond acceptors (Lipinski definition) is 1. The van der Waals surface area contributed by atoms with Crippen molar-refractivity contribution < 1.29 is 4.79 Å². The minimum absolute atomic E-state index is 0.248. The normalized spacial score (nSPS) is 9.50. The predicted molar refractivity (Wildman–Crippen MR) is 53.3 cm³/mol. The number of carbonyl (C=O) groups is 1. The molecular weight excluding hydrogens is 147 g/mol. The molecule has 0 atom stereocenters. The smallest absolute Gasteiger partial charge is 0.155 e. The largest absolute Gasteiger partial charge is 0.295 e. The van der Waals surface area contributed by atoms with E-state index in [2.05, 4.69) is 0 Å². The molecule has 1 aromatic rings. The van der Waals surface area contributed by atoms with E-state index in [0.717, 1.165) is 12.8 Å². The Bertz CT molecular complexity index is 264. The SMILES string of the molecule is CBCC(=O)c1ccc(C)cc1. The second-order valence-corrected chi connectivity index (χ2v) is 3.04. The van der Waals surface area contributed by atoms with Crippen LogP contribution in [0.2, 0.25) is 13.1 Å². The lowest BCUT2D eigenvalue weighted by Crippen LogP contribution is -2.00. The van der Waals surface area contributed by atoms with E-state index in [4.69, 9.17) is 0 Å². The summed E-state index contributed by atoms with van der Waals surface area (Å²) in [4.78, 5) is 11.4. The Morgan fingerprint density at radius 3 is 2.42 bits per heavy atom. The Morgan fingerprint density at radius 2 is 1.92 bits per heavy atom. The van der Waals surface area contributed by atoms with Gasteiger partial charge in [0, 0.05) is 5.56 Å². The highest BCUT2D eigenvalue weighted by Gasteiger charge is 2.02. The molecule has 0 fully saturated rings. The quantitative estimate of drug-likeness (QED) is 0.488. The highest BCUT2D eigenvalue weighted by atomic mass is 16.1. The number of carbonyl (C=O) groups excluding carboxylic acids is 1. The van der Waals surface area contributed by atoms with Gasteiger partial charge in [-0.2, -0.15) is 0 Å². The lowest BCUT2D eigenvalue weighted by Gasteiger charge is -1.98. The molecule has 0 aliphatic heterocycles. The molecule has 1 rings (SSSR count). The zero-order chi connectivity index (χ0) is 8.97. The van der Waals surface area contributed by atoms with Gasteiger partial charge in [0.25, 0.3) is 0 Å². The van der Waals surface area contributed by atoms with Crippen LogP contribution in [-0.2, 0) is 0 Å². The summed E-state index contributed by atoms with van der Waals surface area (Å²) in [6, 6.07) is 7.74. The maximum Gasteiger partial charge on any atom is 0.155 e. The molecule has 62 valence electrons. The van der Waals surface area contributed by atoms with Crippen LogP contribution in [0.1, 0.15) is 15.9 Å². The Balaban J connectivity index is 2.75. The Morgan fingerprint density at radius 1 is 1.33 bits per heavy atom. The number of aryl methyl sites for hydroxylation is 1. The molecule has 0 bridgehead atoms. The topological polar surface area (TPSA) is 17.1 Å². The summed E-state index contributed by atoms with van der Waals surface area (Å²) in [5.74, 6) is 0.248. The highest BCUT2D eigenvalue weighted by Crippen LogP contribution is 2.05. The number of hydrogen-bond donors (Lipinski definition) is 0. The van der Waals surface area contributed by atoms with Gasteiger partial charge in [0.1, 0.15) is 7.28 Å². The standard InChI is InChI=1S/C10H13BO/c1-8-3-5-9(6-4-8)10(12)7-11-2/h3-6,11H,7H2,1-2H3. The van der Waals surface area contributed by atoms with Crippen molar-refractivity contribution in [3.8, 4) is 0 Å². The van der Waals surface area contributed by atoms with Crippen LogP contribution in [0.15, 0.2) is 24.3 Å². The first-order valence-electron chi connectivity index (χ1n) is 4.34. The summed E-state index contributed by atoms with van der Waals surface area (Å²) in [6.07, 6.45) is 0.656. The fraction of sp³-hybridized carbons (Fsp3) is 0.300. The molecule has 0 amide bonds. The molecule has 0 spiro atoms. The average Bonchev–Trinajstić information content (AvgIpc) is 2.06. The average molecular weight is 160 g/mol. The van der Waals surface area contributed by atoms with Crippen LogP contribution >= 0.6 is 0 Å². The summed E-state index contributed by atoms with van der Waals surface area (Å²) >= 11 is 0. The summed E-state index contributed by atoms with van der Waals surface area (Å²) in [5.41, 5.74) is 2.03. The molecular formula is C10H13BO. The number of ketones is 1. The molecule has 0 aromatic heterocycles. The van der Waals surface area contributed by atoms with Crippen LogP contribution in [0, 0.1) is 6.92 Å². The van der Waals surface area contributed by atoms with Gasteiger partial charge < -0.3 is 0 Å². The lowest BCUT2D eigenvalue weighted by molar-refractivity contribution is 0.101. The maximum atomic E-state index is 11.4. The van der Waals surface area contributed by atoms with E-state index < -0.39 is 0 Å². The van der Waals surface area contributed by atoms with Crippen molar-refractivity contribution in [2.24, 2.45) is 0 Å². The third-order valence-electron chi connectivity index (χ3n) is 1.85. The van der Waals surface area contributed by atoms with Crippen LogP contribution in [0.3, 0.4) is 0 Å². The van der Waals surface area contributed by atoms with E-state index in [-0.39, 0.29) is 5.78 Å². The summed E-state index contributed by atoms with van der Waals surface area (Å²) in [7, 11) is 0.923. The molecule has 12 heavy (non-hydrogen) atoms. The third-order valence-corrected chi connectivity index (χ3v) is 1.85. The van der Waals surface area contributed by atoms with Crippen LogP contribution in [0.4, 0.5) is 0 Å². The molecule has 0 saturated carbocycles. The van der Waals surface area contributed by atoms with Crippen molar-refractivity contribution in [1.29, 1.82) is 0 Å². The van der Waals surface area contributed by atoms with Crippen LogP contribution < -0.4 is 0 Å². The van der Waals surface area contributed by atoms with Crippen molar-refractivity contribution in [2.75, 3.05) is 0 Å². The zero-order valence-electron chi connectivity index (χ0n) is 7.63. The fourth-order valence-corrected chi connectivity index (χ4v) is 1.11. The molecule has 0 aliphatic rings. The van der Waals surface area contributed by atoms with Crippen molar-refractivity contribution in [3.05, 3.63) is 35.4 Å². The zero-order valence-corrected chi connectivity index (χ0v) is 7.63. The van der Waals surface area contributed by atoms with Gasteiger partial charge in [0.05, 0.1) is 0 Å². The highest BCUT2D eigenvalue weighted by molar-refractivity contribution is 6.41. The number of rotatable bonds is 3. The first kappa shape index (κ1) is 9.05. The van der Waals surface area contributed by atoms with Gasteiger partial charge >= 0.3 is 0 Å². The molecule has 0 heterocycles. The Labute approximate surface area is 74.0 Å². The minimum Gasteiger partial charge on any atom is -0.295 e. The molecule has 1 nitrogen and oxygen atoms in total. The van der Waals surface area contributed by atoms with Gasteiger partial charge in [-0.25, -0.2) is 0 Å². The molecule has 0 radical (unpaired) electrons. The van der Waals surface area contributed by atoms with Crippen LogP contribution in [-0.4, -0.2) is 13.1 Å². The van der Waals surface area contributed by atoms with Crippen molar-refractivity contribution in [2.45, 2.75) is 20.1 Å². The molecule has 2 heteroatoms. The van der Waals surface area contributed by atoms with E-state index >= 15 is 0 Å². The maximum absolute atomic E-state index is 11.4. The van der Waals surface area contributed by atoms with Gasteiger partial charge in [0.2, 0.25) is 0 Å². The van der Waals surface area contributed by atoms with Gasteiger partial charge in [-0.15, -0.1) is 0 Å². The van der Waals surface area contributed by atoms with Crippen molar-refractivity contribution in [1.82, 2.24) is 0 Å². The fourth-order valence-electron chi connectivity index (χ4n) is 1.11. The predicted octanol–water partition coefficient (Wildman–Crippen LogP) is 2.08. The lowest BCUT2D eigenvalue weighted by atomic mass is 9.75. The van der Waals surface area contributed by atoms with E-state index in [1.165, 1.54) is 5.56 Å². The van der Waals surface area contributed by atoms with Crippen LogP contribution in [0.25, 0.3) is 0 Å². The Hall–Kier alpha value is -1.05. The second-order valence-electron chi connectivity index (χ2n) is 3.04. The minimum atomic E-state index is 0.248. The molecule has 0 saturated heterocycles. The molecule has 0 unspecified atom stereocenters. The van der Waals surface area contributed by atoms with Crippen LogP contribution in [0.5, 0.6) is 0 Å². The molecule has 0 aliphatic carbocycles. The van der Waals surface area contributed by atoms with E-state index in [9.17, 15) is 4.79 Å². The molecule has 0 N–H and O–H groups in total. The summed E-state index contributed by atoms with van der Waals surface area (Å²) < 4.78 is 0. The third kappa shape index (κ3) is 2.23. The monoisotopic (exact) mass is 160 g/mol. The van der Waals surface area contributed by atoms with Crippen molar-refractivity contribution in [3.63, 3.8) is 0 Å². The van der Waals surface area contributed by atoms with E-state index in [0.29, 0.717) is 6.32 Å². The summed E-state index contributed by atoms with van der Waals surface area (Å²) in [6.45, 7) is 4.04. The first-order valence-corrected chi connectivity index (χ1v) is 4.34. The summed E-state index contributed by atoms with van der Waals surface area (Å²) in [5, 5.41) is 0. The van der Waals surface area contributed by atoms with E-state index in [1.807, 2.05) is 38.0 Å². The van der Waals surface area contributed by atoms with E-state index in [1.54, 1.807) is 0 Å². The van der Waals surface area contributed by atoms with Gasteiger partial charge in [0.15, 0.2) is 5.78 Å². The second kappa shape index (κ2) is 4.10. The first-order chi connectivity index (χ1) is 5.74. The molecule has 1 aromatic carbocycles.